The highest BCUT2D eigenvalue weighted by Crippen LogP contribution is 2.42. The summed E-state index contributed by atoms with van der Waals surface area (Å²) in [6, 6.07) is 9.30. The molecule has 0 heterocycles. The van der Waals surface area contributed by atoms with Gasteiger partial charge in [0.1, 0.15) is 5.60 Å². The van der Waals surface area contributed by atoms with E-state index >= 15 is 0 Å². The number of benzene rings is 1. The highest BCUT2D eigenvalue weighted by molar-refractivity contribution is 5.85. The molecule has 0 aliphatic heterocycles. The molecule has 0 saturated heterocycles. The minimum absolute atomic E-state index is 0.0563. The van der Waals surface area contributed by atoms with E-state index in [0.29, 0.717) is 6.42 Å². The number of carbonyl (C=O) groups excluding carboxylic acids is 1. The highest BCUT2D eigenvalue weighted by Gasteiger charge is 2.50. The van der Waals surface area contributed by atoms with Gasteiger partial charge in [-0.1, -0.05) is 44.2 Å². The van der Waals surface area contributed by atoms with Crippen LogP contribution in [-0.2, 0) is 20.7 Å². The van der Waals surface area contributed by atoms with Gasteiger partial charge in [-0.3, -0.25) is 9.59 Å². The second-order valence-corrected chi connectivity index (χ2v) is 8.32. The van der Waals surface area contributed by atoms with Gasteiger partial charge < -0.3 is 14.9 Å². The third-order valence-corrected chi connectivity index (χ3v) is 4.34. The SMILES string of the molecule is CC(C)C[C@](Cc1ccccc1)(C(=O)O)[C@H](CCO)C(=O)OC(C)(C)C. The van der Waals surface area contributed by atoms with E-state index in [4.69, 9.17) is 4.74 Å². The zero-order valence-electron chi connectivity index (χ0n) is 16.5. The largest absolute Gasteiger partial charge is 0.481 e. The van der Waals surface area contributed by atoms with Gasteiger partial charge in [-0.05, 0) is 51.5 Å². The summed E-state index contributed by atoms with van der Waals surface area (Å²) in [4.78, 5) is 25.3. The molecule has 0 bridgehead atoms. The molecular formula is C21H32O5. The first-order valence-corrected chi connectivity index (χ1v) is 9.13. The number of ether oxygens (including phenoxy) is 1. The van der Waals surface area contributed by atoms with Crippen LogP contribution in [0.15, 0.2) is 30.3 Å². The monoisotopic (exact) mass is 364 g/mol. The van der Waals surface area contributed by atoms with E-state index in [1.807, 2.05) is 44.2 Å². The molecule has 0 spiro atoms. The maximum absolute atomic E-state index is 12.9. The van der Waals surface area contributed by atoms with Gasteiger partial charge in [0, 0.05) is 6.61 Å². The quantitative estimate of drug-likeness (QED) is 0.653. The summed E-state index contributed by atoms with van der Waals surface area (Å²) in [6.07, 6.45) is 0.590. The smallest absolute Gasteiger partial charge is 0.310 e. The lowest BCUT2D eigenvalue weighted by atomic mass is 9.65. The lowest BCUT2D eigenvalue weighted by Gasteiger charge is -2.38. The van der Waals surface area contributed by atoms with Crippen molar-refractivity contribution in [2.45, 2.75) is 59.5 Å². The van der Waals surface area contributed by atoms with Crippen LogP contribution in [0.1, 0.15) is 53.0 Å². The molecule has 1 aromatic rings. The van der Waals surface area contributed by atoms with Crippen LogP contribution in [0.5, 0.6) is 0 Å². The summed E-state index contributed by atoms with van der Waals surface area (Å²) in [5.41, 5.74) is -1.21. The Labute approximate surface area is 156 Å². The lowest BCUT2D eigenvalue weighted by Crippen LogP contribution is -2.47. The molecule has 0 aromatic heterocycles. The number of hydrogen-bond acceptors (Lipinski definition) is 4. The minimum atomic E-state index is -1.33. The van der Waals surface area contributed by atoms with Crippen LogP contribution >= 0.6 is 0 Å². The molecular weight excluding hydrogens is 332 g/mol. The molecule has 0 radical (unpaired) electrons. The fourth-order valence-electron chi connectivity index (χ4n) is 3.46. The predicted molar refractivity (Wildman–Crippen MR) is 101 cm³/mol. The van der Waals surface area contributed by atoms with Crippen molar-refractivity contribution in [3.8, 4) is 0 Å². The Morgan fingerprint density at radius 1 is 1.12 bits per heavy atom. The second kappa shape index (κ2) is 9.17. The Balaban J connectivity index is 3.40. The molecule has 146 valence electrons. The minimum Gasteiger partial charge on any atom is -0.481 e. The van der Waals surface area contributed by atoms with Crippen molar-refractivity contribution in [3.05, 3.63) is 35.9 Å². The van der Waals surface area contributed by atoms with Gasteiger partial charge >= 0.3 is 11.9 Å². The molecule has 0 amide bonds. The van der Waals surface area contributed by atoms with E-state index in [1.54, 1.807) is 20.8 Å². The van der Waals surface area contributed by atoms with Crippen LogP contribution in [0.25, 0.3) is 0 Å². The van der Waals surface area contributed by atoms with Gasteiger partial charge in [0.15, 0.2) is 0 Å². The molecule has 0 fully saturated rings. The summed E-state index contributed by atoms with van der Waals surface area (Å²) >= 11 is 0. The number of hydrogen-bond donors (Lipinski definition) is 2. The topological polar surface area (TPSA) is 83.8 Å². The van der Waals surface area contributed by atoms with Crippen molar-refractivity contribution in [1.82, 2.24) is 0 Å². The Kier molecular flexibility index (Phi) is 7.82. The van der Waals surface area contributed by atoms with Gasteiger partial charge in [-0.25, -0.2) is 0 Å². The maximum atomic E-state index is 12.9. The number of aliphatic hydroxyl groups is 1. The van der Waals surface area contributed by atoms with Crippen molar-refractivity contribution in [3.63, 3.8) is 0 Å². The molecule has 0 aliphatic carbocycles. The average molecular weight is 364 g/mol. The van der Waals surface area contributed by atoms with Crippen LogP contribution in [0.2, 0.25) is 0 Å². The molecule has 1 rings (SSSR count). The van der Waals surface area contributed by atoms with Crippen molar-refractivity contribution in [2.75, 3.05) is 6.61 Å². The Morgan fingerprint density at radius 3 is 2.12 bits per heavy atom. The van der Waals surface area contributed by atoms with E-state index in [-0.39, 0.29) is 25.4 Å². The van der Waals surface area contributed by atoms with Crippen molar-refractivity contribution in [1.29, 1.82) is 0 Å². The molecule has 0 saturated carbocycles. The van der Waals surface area contributed by atoms with Gasteiger partial charge in [-0.15, -0.1) is 0 Å². The van der Waals surface area contributed by atoms with Crippen LogP contribution in [-0.4, -0.2) is 34.4 Å². The molecule has 5 nitrogen and oxygen atoms in total. The first kappa shape index (κ1) is 22.2. The first-order valence-electron chi connectivity index (χ1n) is 9.13. The summed E-state index contributed by atoms with van der Waals surface area (Å²) in [5, 5.41) is 19.7. The molecule has 1 aromatic carbocycles. The number of aliphatic hydroxyl groups excluding tert-OH is 1. The lowest BCUT2D eigenvalue weighted by molar-refractivity contribution is -0.175. The number of carbonyl (C=O) groups is 2. The van der Waals surface area contributed by atoms with Gasteiger partial charge in [0.25, 0.3) is 0 Å². The molecule has 2 atom stereocenters. The standard InChI is InChI=1S/C21H32O5/c1-15(2)13-21(19(24)25,14-16-9-7-6-8-10-16)17(11-12-22)18(23)26-20(3,4)5/h6-10,15,17,22H,11-14H2,1-5H3,(H,24,25)/t17-,21-/m1/s1. The number of aliphatic carboxylic acids is 1. The van der Waals surface area contributed by atoms with Crippen LogP contribution in [0, 0.1) is 17.3 Å². The molecule has 0 unspecified atom stereocenters. The zero-order valence-corrected chi connectivity index (χ0v) is 16.5. The number of carboxylic acid groups (broad SMARTS) is 1. The summed E-state index contributed by atoms with van der Waals surface area (Å²) in [7, 11) is 0. The molecule has 5 heteroatoms. The van der Waals surface area contributed by atoms with Gasteiger partial charge in [0.05, 0.1) is 11.3 Å². The fourth-order valence-corrected chi connectivity index (χ4v) is 3.46. The second-order valence-electron chi connectivity index (χ2n) is 8.32. The van der Waals surface area contributed by atoms with Crippen LogP contribution in [0.4, 0.5) is 0 Å². The van der Waals surface area contributed by atoms with E-state index < -0.39 is 28.9 Å². The Morgan fingerprint density at radius 2 is 1.69 bits per heavy atom. The Bertz CT molecular complexity index is 588. The summed E-state index contributed by atoms with van der Waals surface area (Å²) in [6.45, 7) is 8.86. The predicted octanol–water partition coefficient (Wildman–Crippen LogP) is 3.69. The van der Waals surface area contributed by atoms with Crippen LogP contribution in [0.3, 0.4) is 0 Å². The fraction of sp³-hybridized carbons (Fsp3) is 0.619. The maximum Gasteiger partial charge on any atom is 0.310 e. The third kappa shape index (κ3) is 6.13. The van der Waals surface area contributed by atoms with E-state index in [1.165, 1.54) is 0 Å². The molecule has 0 aliphatic rings. The van der Waals surface area contributed by atoms with E-state index in [2.05, 4.69) is 0 Å². The molecule has 2 N–H and O–H groups in total. The Hall–Kier alpha value is -1.88. The number of carboxylic acids is 1. The first-order chi connectivity index (χ1) is 12.0. The third-order valence-electron chi connectivity index (χ3n) is 4.34. The summed E-state index contributed by atoms with van der Waals surface area (Å²) < 4.78 is 5.51. The van der Waals surface area contributed by atoms with Crippen molar-refractivity contribution >= 4 is 11.9 Å². The summed E-state index contributed by atoms with van der Waals surface area (Å²) in [5.74, 6) is -2.45. The normalized spacial score (nSPS) is 15.3. The van der Waals surface area contributed by atoms with Crippen molar-refractivity contribution < 1.29 is 24.5 Å². The zero-order chi connectivity index (χ0) is 20.0. The number of rotatable bonds is 9. The van der Waals surface area contributed by atoms with E-state index in [9.17, 15) is 19.8 Å². The van der Waals surface area contributed by atoms with E-state index in [0.717, 1.165) is 5.56 Å². The van der Waals surface area contributed by atoms with Crippen LogP contribution < -0.4 is 0 Å². The average Bonchev–Trinajstić information content (AvgIpc) is 2.50. The highest BCUT2D eigenvalue weighted by atomic mass is 16.6. The van der Waals surface area contributed by atoms with Gasteiger partial charge in [0.2, 0.25) is 0 Å². The van der Waals surface area contributed by atoms with Crippen molar-refractivity contribution in [2.24, 2.45) is 17.3 Å². The van der Waals surface area contributed by atoms with Gasteiger partial charge in [-0.2, -0.15) is 0 Å². The molecule has 26 heavy (non-hydrogen) atoms. The number of esters is 1.